The van der Waals surface area contributed by atoms with E-state index in [1.807, 2.05) is 0 Å². The number of rotatable bonds is 0. The standard InChI is InChI=1S/C12H5NO4S/c14-5-1-3-7(16)11-9(5)13-10-6(15)2-4-8(17)12(10)18-11/h1-4,13H. The quantitative estimate of drug-likeness (QED) is 0.587. The molecule has 0 radical (unpaired) electrons. The van der Waals surface area contributed by atoms with Crippen molar-refractivity contribution in [3.05, 3.63) is 65.2 Å². The van der Waals surface area contributed by atoms with Crippen LogP contribution >= 0.6 is 11.3 Å². The fraction of sp³-hybridized carbons (Fsp3) is 0. The van der Waals surface area contributed by atoms with Gasteiger partial charge < -0.3 is 4.98 Å². The molecule has 0 bridgehead atoms. The molecule has 3 aromatic rings. The van der Waals surface area contributed by atoms with Crippen LogP contribution in [0.25, 0.3) is 20.4 Å². The molecule has 0 aliphatic carbocycles. The third kappa shape index (κ3) is 1.39. The molecular weight excluding hydrogens is 254 g/mol. The van der Waals surface area contributed by atoms with Crippen LogP contribution in [0.4, 0.5) is 0 Å². The fourth-order valence-corrected chi connectivity index (χ4v) is 2.81. The van der Waals surface area contributed by atoms with Crippen LogP contribution < -0.4 is 21.7 Å². The van der Waals surface area contributed by atoms with Crippen LogP contribution in [0.3, 0.4) is 0 Å². The summed E-state index contributed by atoms with van der Waals surface area (Å²) in [7, 11) is 0. The van der Waals surface area contributed by atoms with Crippen molar-refractivity contribution in [1.29, 1.82) is 0 Å². The Labute approximate surface area is 102 Å². The molecule has 0 fully saturated rings. The second kappa shape index (κ2) is 3.58. The van der Waals surface area contributed by atoms with Crippen molar-refractivity contribution >= 4 is 31.8 Å². The Balaban J connectivity index is 2.78. The van der Waals surface area contributed by atoms with E-state index in [-0.39, 0.29) is 42.1 Å². The molecule has 1 heterocycles. The first kappa shape index (κ1) is 10.8. The van der Waals surface area contributed by atoms with Gasteiger partial charge in [-0.3, -0.25) is 19.2 Å². The van der Waals surface area contributed by atoms with Gasteiger partial charge in [0.2, 0.25) is 10.9 Å². The van der Waals surface area contributed by atoms with Gasteiger partial charge in [0, 0.05) is 0 Å². The first-order chi connectivity index (χ1) is 8.58. The highest BCUT2D eigenvalue weighted by atomic mass is 32.1. The SMILES string of the molecule is O=c1ccc(=O)c2sc3c(=O)ccc(=O)c3[nH]c12. The van der Waals surface area contributed by atoms with Crippen molar-refractivity contribution in [2.24, 2.45) is 0 Å². The molecule has 0 saturated heterocycles. The minimum Gasteiger partial charge on any atom is -0.347 e. The minimum atomic E-state index is -0.376. The fourth-order valence-electron chi connectivity index (χ4n) is 1.76. The zero-order valence-electron chi connectivity index (χ0n) is 8.85. The number of aromatic nitrogens is 1. The van der Waals surface area contributed by atoms with Crippen LogP contribution in [0, 0.1) is 0 Å². The van der Waals surface area contributed by atoms with E-state index in [4.69, 9.17) is 0 Å². The third-order valence-corrected chi connectivity index (χ3v) is 3.84. The summed E-state index contributed by atoms with van der Waals surface area (Å²) >= 11 is 0.877. The van der Waals surface area contributed by atoms with Crippen LogP contribution in [-0.4, -0.2) is 4.98 Å². The van der Waals surface area contributed by atoms with Gasteiger partial charge in [-0.15, -0.1) is 11.3 Å². The zero-order chi connectivity index (χ0) is 12.9. The number of benzene rings is 2. The second-order valence-electron chi connectivity index (χ2n) is 3.76. The van der Waals surface area contributed by atoms with Crippen molar-refractivity contribution in [2.75, 3.05) is 0 Å². The normalized spacial score (nSPS) is 11.1. The van der Waals surface area contributed by atoms with E-state index in [1.165, 1.54) is 0 Å². The van der Waals surface area contributed by atoms with Crippen LogP contribution in [0.1, 0.15) is 0 Å². The van der Waals surface area contributed by atoms with E-state index in [1.54, 1.807) is 0 Å². The summed E-state index contributed by atoms with van der Waals surface area (Å²) in [5, 5.41) is 0. The van der Waals surface area contributed by atoms with Crippen LogP contribution in [-0.2, 0) is 0 Å². The number of hydrogen-bond acceptors (Lipinski definition) is 5. The number of H-pyrrole nitrogens is 1. The topological polar surface area (TPSA) is 84.1 Å². The smallest absolute Gasteiger partial charge is 0.203 e. The molecule has 1 N–H and O–H groups in total. The summed E-state index contributed by atoms with van der Waals surface area (Å²) in [5.74, 6) is 0. The van der Waals surface area contributed by atoms with Gasteiger partial charge in [0.25, 0.3) is 0 Å². The first-order valence-corrected chi connectivity index (χ1v) is 5.86. The Hall–Kier alpha value is -2.34. The molecule has 3 rings (SSSR count). The van der Waals surface area contributed by atoms with Gasteiger partial charge >= 0.3 is 0 Å². The lowest BCUT2D eigenvalue weighted by Gasteiger charge is -1.98. The lowest BCUT2D eigenvalue weighted by Crippen LogP contribution is -2.14. The monoisotopic (exact) mass is 259 g/mol. The number of aromatic amines is 1. The molecule has 88 valence electrons. The summed E-state index contributed by atoms with van der Waals surface area (Å²) in [6.07, 6.45) is 0. The molecule has 1 aromatic heterocycles. The Morgan fingerprint density at radius 3 is 1.50 bits per heavy atom. The van der Waals surface area contributed by atoms with Gasteiger partial charge in [-0.05, 0) is 24.3 Å². The van der Waals surface area contributed by atoms with Gasteiger partial charge in [-0.2, -0.15) is 0 Å². The largest absolute Gasteiger partial charge is 0.347 e. The molecule has 5 nitrogen and oxygen atoms in total. The van der Waals surface area contributed by atoms with Crippen molar-refractivity contribution in [1.82, 2.24) is 4.98 Å². The lowest BCUT2D eigenvalue weighted by molar-refractivity contribution is 1.44. The molecular formula is C12H5NO4S. The van der Waals surface area contributed by atoms with E-state index >= 15 is 0 Å². The van der Waals surface area contributed by atoms with E-state index < -0.39 is 0 Å². The van der Waals surface area contributed by atoms with E-state index in [2.05, 4.69) is 4.98 Å². The highest BCUT2D eigenvalue weighted by Gasteiger charge is 2.09. The molecule has 0 aliphatic heterocycles. The van der Waals surface area contributed by atoms with Gasteiger partial charge in [-0.25, -0.2) is 0 Å². The molecule has 2 aromatic carbocycles. The average Bonchev–Trinajstić information content (AvgIpc) is 2.37. The molecule has 0 aliphatic rings. The molecule has 6 heteroatoms. The van der Waals surface area contributed by atoms with Crippen LogP contribution in [0.5, 0.6) is 0 Å². The van der Waals surface area contributed by atoms with Crippen molar-refractivity contribution in [3.63, 3.8) is 0 Å². The summed E-state index contributed by atoms with van der Waals surface area (Å²) in [4.78, 5) is 49.2. The van der Waals surface area contributed by atoms with Crippen molar-refractivity contribution in [3.8, 4) is 0 Å². The predicted octanol–water partition coefficient (Wildman–Crippen LogP) is 0.261. The highest BCUT2D eigenvalue weighted by Crippen LogP contribution is 2.16. The maximum Gasteiger partial charge on any atom is 0.203 e. The number of fused-ring (bicyclic) bond motifs is 2. The lowest BCUT2D eigenvalue weighted by atomic mass is 10.3. The van der Waals surface area contributed by atoms with Gasteiger partial charge in [-0.1, -0.05) is 0 Å². The maximum atomic E-state index is 11.6. The van der Waals surface area contributed by atoms with Gasteiger partial charge in [0.05, 0.1) is 0 Å². The van der Waals surface area contributed by atoms with Gasteiger partial charge in [0.15, 0.2) is 10.9 Å². The van der Waals surface area contributed by atoms with E-state index in [0.717, 1.165) is 35.6 Å². The molecule has 18 heavy (non-hydrogen) atoms. The predicted molar refractivity (Wildman–Crippen MR) is 69.9 cm³/mol. The third-order valence-electron chi connectivity index (χ3n) is 2.62. The summed E-state index contributed by atoms with van der Waals surface area (Å²) in [6, 6.07) is 4.61. The number of hydrogen-bond donors (Lipinski definition) is 1. The Kier molecular flexibility index (Phi) is 2.14. The minimum absolute atomic E-state index is 0.0719. The van der Waals surface area contributed by atoms with E-state index in [9.17, 15) is 19.2 Å². The van der Waals surface area contributed by atoms with Crippen molar-refractivity contribution in [2.45, 2.75) is 0 Å². The maximum absolute atomic E-state index is 11.6. The summed E-state index contributed by atoms with van der Waals surface area (Å²) in [6.45, 7) is 0. The first-order valence-electron chi connectivity index (χ1n) is 5.05. The number of nitrogens with one attached hydrogen (secondary N) is 1. The molecule has 0 atom stereocenters. The second-order valence-corrected chi connectivity index (χ2v) is 4.78. The molecule has 0 saturated carbocycles. The highest BCUT2D eigenvalue weighted by molar-refractivity contribution is 7.24. The molecule has 0 amide bonds. The summed E-state index contributed by atoms with van der Waals surface area (Å²) < 4.78 is 0.329. The Morgan fingerprint density at radius 1 is 0.667 bits per heavy atom. The van der Waals surface area contributed by atoms with Gasteiger partial charge in [0.1, 0.15) is 20.4 Å². The zero-order valence-corrected chi connectivity index (χ0v) is 9.67. The Bertz CT molecular complexity index is 842. The Morgan fingerprint density at radius 2 is 1.06 bits per heavy atom. The summed E-state index contributed by atoms with van der Waals surface area (Å²) in [5.41, 5.74) is -1.30. The van der Waals surface area contributed by atoms with Crippen molar-refractivity contribution < 1.29 is 0 Å². The van der Waals surface area contributed by atoms with E-state index in [0.29, 0.717) is 0 Å². The van der Waals surface area contributed by atoms with Crippen LogP contribution in [0.15, 0.2) is 43.4 Å². The molecule has 0 unspecified atom stereocenters. The average molecular weight is 259 g/mol. The van der Waals surface area contributed by atoms with Crippen LogP contribution in [0.2, 0.25) is 0 Å². The molecule has 0 spiro atoms.